The van der Waals surface area contributed by atoms with Crippen LogP contribution in [-0.4, -0.2) is 46.5 Å². The lowest BCUT2D eigenvalue weighted by Crippen LogP contribution is -2.33. The van der Waals surface area contributed by atoms with E-state index in [0.717, 1.165) is 18.6 Å². The third-order valence-electron chi connectivity index (χ3n) is 5.98. The highest BCUT2D eigenvalue weighted by atomic mass is 32.2. The van der Waals surface area contributed by atoms with E-state index in [2.05, 4.69) is 24.7 Å². The maximum Gasteiger partial charge on any atom is 0.316 e. The van der Waals surface area contributed by atoms with E-state index in [-0.39, 0.29) is 11.6 Å². The number of H-pyrrole nitrogens is 1. The van der Waals surface area contributed by atoms with Crippen molar-refractivity contribution in [1.29, 1.82) is 0 Å². The Balaban J connectivity index is 1.53. The van der Waals surface area contributed by atoms with Crippen LogP contribution in [-0.2, 0) is 10.0 Å². The smallest absolute Gasteiger partial charge is 0.316 e. The first-order valence-corrected chi connectivity index (χ1v) is 12.2. The number of nitrogens with zero attached hydrogens (tertiary/aromatic N) is 3. The number of rotatable bonds is 7. The summed E-state index contributed by atoms with van der Waals surface area (Å²) in [6, 6.07) is 3.63. The Labute approximate surface area is 198 Å². The Hall–Kier alpha value is -3.93. The molecule has 1 aliphatic carbocycles. The molecular weight excluding hydrogens is 480 g/mol. The van der Waals surface area contributed by atoms with Gasteiger partial charge in [0.15, 0.2) is 5.82 Å². The van der Waals surface area contributed by atoms with Crippen molar-refractivity contribution in [2.75, 3.05) is 11.8 Å². The van der Waals surface area contributed by atoms with Gasteiger partial charge in [-0.25, -0.2) is 32.2 Å². The lowest BCUT2D eigenvalue weighted by atomic mass is 10.00. The summed E-state index contributed by atoms with van der Waals surface area (Å²) in [5, 5.41) is -0.311. The van der Waals surface area contributed by atoms with Crippen LogP contribution in [0.15, 0.2) is 43.0 Å². The van der Waals surface area contributed by atoms with Crippen LogP contribution in [0.5, 0.6) is 6.01 Å². The van der Waals surface area contributed by atoms with Crippen LogP contribution in [0, 0.1) is 11.6 Å². The third-order valence-corrected chi connectivity index (χ3v) is 7.83. The van der Waals surface area contributed by atoms with Crippen molar-refractivity contribution in [2.45, 2.75) is 24.5 Å². The maximum atomic E-state index is 15.3. The van der Waals surface area contributed by atoms with Gasteiger partial charge in [-0.2, -0.15) is 0 Å². The van der Waals surface area contributed by atoms with Crippen LogP contribution in [0.1, 0.15) is 35.2 Å². The highest BCUT2D eigenvalue weighted by molar-refractivity contribution is 7.93. The number of carbonyl (C=O) groups is 1. The Bertz CT molecular complexity index is 1550. The minimum Gasteiger partial charge on any atom is -0.467 e. The topological polar surface area (TPSA) is 127 Å². The number of benzene rings is 1. The highest BCUT2D eigenvalue weighted by Crippen LogP contribution is 2.32. The number of pyridine rings is 1. The average Bonchev–Trinajstić information content (AvgIpc) is 3.23. The van der Waals surface area contributed by atoms with Gasteiger partial charge in [0.1, 0.15) is 11.5 Å². The van der Waals surface area contributed by atoms with E-state index in [9.17, 15) is 17.6 Å². The monoisotopic (exact) mass is 499 g/mol. The number of aromatic amines is 1. The second kappa shape index (κ2) is 8.69. The number of sulfonamides is 1. The number of methoxy groups -OCH3 is 1. The van der Waals surface area contributed by atoms with Gasteiger partial charge in [-0.05, 0) is 31.0 Å². The number of hydrogen-bond donors (Lipinski definition) is 2. The molecule has 5 rings (SSSR count). The second-order valence-electron chi connectivity index (χ2n) is 8.09. The third kappa shape index (κ3) is 4.09. The Morgan fingerprint density at radius 3 is 2.49 bits per heavy atom. The summed E-state index contributed by atoms with van der Waals surface area (Å²) in [6.45, 7) is 0. The van der Waals surface area contributed by atoms with Crippen LogP contribution < -0.4 is 9.46 Å². The largest absolute Gasteiger partial charge is 0.467 e. The quantitative estimate of drug-likeness (QED) is 0.370. The van der Waals surface area contributed by atoms with E-state index in [4.69, 9.17) is 4.74 Å². The number of carbonyl (C=O) groups excluding carboxylic acids is 1. The molecule has 3 aromatic heterocycles. The second-order valence-corrected chi connectivity index (χ2v) is 10.1. The molecule has 0 saturated heterocycles. The molecule has 9 nitrogen and oxygen atoms in total. The molecule has 1 saturated carbocycles. The van der Waals surface area contributed by atoms with Gasteiger partial charge < -0.3 is 9.72 Å². The molecule has 3 heterocycles. The fraction of sp³-hybridized carbons (Fsp3) is 0.217. The van der Waals surface area contributed by atoms with Gasteiger partial charge in [-0.3, -0.25) is 9.52 Å². The molecule has 35 heavy (non-hydrogen) atoms. The van der Waals surface area contributed by atoms with E-state index in [1.165, 1.54) is 31.9 Å². The first kappa shape index (κ1) is 22.8. The van der Waals surface area contributed by atoms with Gasteiger partial charge in [-0.15, -0.1) is 0 Å². The molecular formula is C23H19F2N5O4S. The van der Waals surface area contributed by atoms with E-state index in [0.29, 0.717) is 35.0 Å². The molecule has 0 spiro atoms. The number of fused-ring (bicyclic) bond motifs is 1. The molecule has 0 atom stereocenters. The average molecular weight is 499 g/mol. The zero-order chi connectivity index (χ0) is 24.7. The lowest BCUT2D eigenvalue weighted by Gasteiger charge is -2.25. The van der Waals surface area contributed by atoms with E-state index in [1.807, 2.05) is 0 Å². The van der Waals surface area contributed by atoms with E-state index >= 15 is 4.39 Å². The molecule has 2 N–H and O–H groups in total. The number of halogens is 2. The fourth-order valence-corrected chi connectivity index (χ4v) is 5.40. The predicted molar refractivity (Wildman–Crippen MR) is 124 cm³/mol. The summed E-state index contributed by atoms with van der Waals surface area (Å²) in [5.74, 6) is -3.35. The van der Waals surface area contributed by atoms with Crippen molar-refractivity contribution in [3.8, 4) is 17.1 Å². The molecule has 0 amide bonds. The molecule has 0 radical (unpaired) electrons. The molecule has 0 bridgehead atoms. The normalized spacial score (nSPS) is 14.0. The van der Waals surface area contributed by atoms with Crippen LogP contribution >= 0.6 is 0 Å². The predicted octanol–water partition coefficient (Wildman–Crippen LogP) is 3.83. The molecule has 180 valence electrons. The van der Waals surface area contributed by atoms with Crippen molar-refractivity contribution in [2.24, 2.45) is 0 Å². The van der Waals surface area contributed by atoms with Gasteiger partial charge in [0.05, 0.1) is 23.6 Å². The number of aromatic nitrogens is 4. The number of nitrogens with one attached hydrogen (secondary N) is 2. The first-order chi connectivity index (χ1) is 16.8. The summed E-state index contributed by atoms with van der Waals surface area (Å²) in [6.07, 6.45) is 7.56. The van der Waals surface area contributed by atoms with Crippen LogP contribution in [0.25, 0.3) is 22.2 Å². The highest BCUT2D eigenvalue weighted by Gasteiger charge is 2.33. The minimum absolute atomic E-state index is 0.0272. The van der Waals surface area contributed by atoms with Crippen molar-refractivity contribution in [3.63, 3.8) is 0 Å². The number of ketones is 1. The van der Waals surface area contributed by atoms with Crippen LogP contribution in [0.4, 0.5) is 14.5 Å². The van der Waals surface area contributed by atoms with E-state index in [1.54, 1.807) is 6.07 Å². The van der Waals surface area contributed by atoms with Crippen molar-refractivity contribution in [1.82, 2.24) is 19.9 Å². The van der Waals surface area contributed by atoms with Crippen molar-refractivity contribution in [3.05, 3.63) is 65.7 Å². The zero-order valence-corrected chi connectivity index (χ0v) is 19.2. The van der Waals surface area contributed by atoms with Gasteiger partial charge in [0, 0.05) is 46.9 Å². The molecule has 0 aliphatic heterocycles. The van der Waals surface area contributed by atoms with E-state index < -0.39 is 43.9 Å². The SMILES string of the molecule is COc1ncc(-c2cnc3[nH]cc(C(=O)c4c(F)ccc(NS(=O)(=O)C5CCC5)c4F)c3c2)cn1. The molecule has 1 aliphatic rings. The summed E-state index contributed by atoms with van der Waals surface area (Å²) < 4.78 is 61.9. The lowest BCUT2D eigenvalue weighted by molar-refractivity contribution is 0.103. The minimum atomic E-state index is -3.84. The molecule has 0 unspecified atom stereocenters. The summed E-state index contributed by atoms with van der Waals surface area (Å²) in [4.78, 5) is 28.4. The Morgan fingerprint density at radius 1 is 1.11 bits per heavy atom. The van der Waals surface area contributed by atoms with Crippen LogP contribution in [0.2, 0.25) is 0 Å². The molecule has 4 aromatic rings. The van der Waals surface area contributed by atoms with Crippen LogP contribution in [0.3, 0.4) is 0 Å². The Morgan fingerprint density at radius 2 is 1.83 bits per heavy atom. The summed E-state index contributed by atoms with van der Waals surface area (Å²) >= 11 is 0. The van der Waals surface area contributed by atoms with Gasteiger partial charge in [0.25, 0.3) is 0 Å². The summed E-state index contributed by atoms with van der Waals surface area (Å²) in [5.41, 5.74) is 0.115. The first-order valence-electron chi connectivity index (χ1n) is 10.7. The fourth-order valence-electron chi connectivity index (χ4n) is 3.81. The summed E-state index contributed by atoms with van der Waals surface area (Å²) in [7, 11) is -2.41. The molecule has 12 heteroatoms. The van der Waals surface area contributed by atoms with Gasteiger partial charge >= 0.3 is 6.01 Å². The molecule has 1 aromatic carbocycles. The van der Waals surface area contributed by atoms with Crippen molar-refractivity contribution < 1.29 is 26.7 Å². The molecule has 1 fully saturated rings. The number of ether oxygens (including phenoxy) is 1. The zero-order valence-electron chi connectivity index (χ0n) is 18.4. The number of anilines is 1. The van der Waals surface area contributed by atoms with Gasteiger partial charge in [-0.1, -0.05) is 6.42 Å². The van der Waals surface area contributed by atoms with Gasteiger partial charge in [0.2, 0.25) is 15.8 Å². The van der Waals surface area contributed by atoms with Crippen molar-refractivity contribution >= 4 is 32.5 Å². The maximum absolute atomic E-state index is 15.3. The Kier molecular flexibility index (Phi) is 5.67. The number of hydrogen-bond acceptors (Lipinski definition) is 7. The standard InChI is InChI=1S/C23H19F2N5O4S/c1-34-23-28-9-13(10-29-23)12-7-15-16(11-27-22(15)26-8-12)21(31)19-17(24)5-6-18(20(19)25)30-35(32,33)14-3-2-4-14/h5-11,14,30H,2-4H2,1H3,(H,26,27).